The third-order valence-corrected chi connectivity index (χ3v) is 6.16. The third-order valence-electron chi connectivity index (χ3n) is 5.90. The van der Waals surface area contributed by atoms with E-state index in [1.807, 2.05) is 65.6 Å². The highest BCUT2D eigenvalue weighted by Crippen LogP contribution is 2.28. The number of amides is 1. The molecule has 35 heavy (non-hydrogen) atoms. The summed E-state index contributed by atoms with van der Waals surface area (Å²) in [7, 11) is 0. The molecule has 1 aliphatic rings. The molecule has 1 aliphatic heterocycles. The molecule has 1 fully saturated rings. The van der Waals surface area contributed by atoms with Gasteiger partial charge < -0.3 is 14.2 Å². The molecule has 0 atom stereocenters. The number of halogens is 1. The topological polar surface area (TPSA) is 68.5 Å². The van der Waals surface area contributed by atoms with Crippen molar-refractivity contribution in [1.82, 2.24) is 15.0 Å². The molecule has 0 spiro atoms. The molecule has 2 heterocycles. The lowest BCUT2D eigenvalue weighted by molar-refractivity contribution is 0.0870. The maximum atomic E-state index is 12.1. The van der Waals surface area contributed by atoms with Crippen LogP contribution in [0.3, 0.4) is 0 Å². The van der Waals surface area contributed by atoms with Gasteiger partial charge in [-0.3, -0.25) is 0 Å². The van der Waals surface area contributed by atoms with E-state index in [4.69, 9.17) is 20.9 Å². The zero-order valence-corrected chi connectivity index (χ0v) is 20.2. The second kappa shape index (κ2) is 12.7. The first-order valence-electron chi connectivity index (χ1n) is 11.7. The number of rotatable bonds is 5. The SMILES string of the molecule is Clc1ccc(Cc2ncno2)cc1.O=C(OCc1ccccc1)N1CCC(c2ccccc2)CC1. The lowest BCUT2D eigenvalue weighted by Crippen LogP contribution is -2.38. The maximum absolute atomic E-state index is 12.1. The Balaban J connectivity index is 0.000000189. The van der Waals surface area contributed by atoms with Crippen molar-refractivity contribution in [2.75, 3.05) is 13.1 Å². The first-order valence-corrected chi connectivity index (χ1v) is 12.1. The molecule has 0 radical (unpaired) electrons. The van der Waals surface area contributed by atoms with Crippen molar-refractivity contribution < 1.29 is 14.1 Å². The van der Waals surface area contributed by atoms with Gasteiger partial charge in [-0.2, -0.15) is 4.98 Å². The molecule has 0 aliphatic carbocycles. The van der Waals surface area contributed by atoms with E-state index in [9.17, 15) is 4.79 Å². The van der Waals surface area contributed by atoms with Crippen LogP contribution in [0.2, 0.25) is 5.02 Å². The molecule has 180 valence electrons. The van der Waals surface area contributed by atoms with Gasteiger partial charge in [-0.25, -0.2) is 4.79 Å². The summed E-state index contributed by atoms with van der Waals surface area (Å²) in [5, 5.41) is 4.25. The molecule has 4 aromatic rings. The van der Waals surface area contributed by atoms with Gasteiger partial charge in [-0.05, 0) is 47.6 Å². The van der Waals surface area contributed by atoms with E-state index in [0.29, 0.717) is 24.8 Å². The zero-order chi connectivity index (χ0) is 24.3. The van der Waals surface area contributed by atoms with Gasteiger partial charge in [0, 0.05) is 18.1 Å². The molecule has 0 saturated carbocycles. The van der Waals surface area contributed by atoms with Crippen LogP contribution in [-0.2, 0) is 17.8 Å². The number of carbonyl (C=O) groups is 1. The number of benzene rings is 3. The molecule has 1 aromatic heterocycles. The summed E-state index contributed by atoms with van der Waals surface area (Å²) in [5.41, 5.74) is 3.50. The normalized spacial score (nSPS) is 13.6. The summed E-state index contributed by atoms with van der Waals surface area (Å²) in [5.74, 6) is 1.17. The largest absolute Gasteiger partial charge is 0.445 e. The first-order chi connectivity index (χ1) is 17.2. The van der Waals surface area contributed by atoms with E-state index in [2.05, 4.69) is 34.4 Å². The number of aromatic nitrogens is 2. The molecule has 5 rings (SSSR count). The molecule has 1 amide bonds. The van der Waals surface area contributed by atoms with E-state index in [0.717, 1.165) is 42.1 Å². The minimum absolute atomic E-state index is 0.199. The van der Waals surface area contributed by atoms with Gasteiger partial charge in [0.15, 0.2) is 6.33 Å². The second-order valence-corrected chi connectivity index (χ2v) is 8.79. The Bertz CT molecular complexity index is 1150. The third kappa shape index (κ3) is 7.69. The number of hydrogen-bond acceptors (Lipinski definition) is 5. The van der Waals surface area contributed by atoms with Gasteiger partial charge in [0.2, 0.25) is 5.89 Å². The monoisotopic (exact) mass is 489 g/mol. The van der Waals surface area contributed by atoms with Crippen LogP contribution in [0.5, 0.6) is 0 Å². The smallest absolute Gasteiger partial charge is 0.410 e. The molecular weight excluding hydrogens is 462 g/mol. The average Bonchev–Trinajstić information content (AvgIpc) is 3.43. The number of likely N-dealkylation sites (tertiary alicyclic amines) is 1. The van der Waals surface area contributed by atoms with Gasteiger partial charge in [0.05, 0.1) is 6.42 Å². The van der Waals surface area contributed by atoms with Crippen LogP contribution >= 0.6 is 11.6 Å². The number of nitrogens with zero attached hydrogens (tertiary/aromatic N) is 3. The van der Waals surface area contributed by atoms with Crippen molar-refractivity contribution in [3.63, 3.8) is 0 Å². The first kappa shape index (κ1) is 24.5. The predicted octanol–water partition coefficient (Wildman–Crippen LogP) is 6.52. The Hall–Kier alpha value is -3.64. The highest BCUT2D eigenvalue weighted by atomic mass is 35.5. The summed E-state index contributed by atoms with van der Waals surface area (Å²) < 4.78 is 10.3. The van der Waals surface area contributed by atoms with Crippen LogP contribution < -0.4 is 0 Å². The highest BCUT2D eigenvalue weighted by molar-refractivity contribution is 6.30. The number of piperidine rings is 1. The Morgan fingerprint density at radius 1 is 0.914 bits per heavy atom. The molecule has 7 heteroatoms. The van der Waals surface area contributed by atoms with Crippen LogP contribution in [0.15, 0.2) is 95.8 Å². The molecular formula is C28H28ClN3O3. The van der Waals surface area contributed by atoms with E-state index in [1.165, 1.54) is 11.9 Å². The lowest BCUT2D eigenvalue weighted by Gasteiger charge is -2.31. The fourth-order valence-corrected chi connectivity index (χ4v) is 4.11. The van der Waals surface area contributed by atoms with Gasteiger partial charge in [0.1, 0.15) is 6.61 Å². The van der Waals surface area contributed by atoms with Crippen LogP contribution in [-0.4, -0.2) is 34.2 Å². The molecule has 0 N–H and O–H groups in total. The Morgan fingerprint density at radius 2 is 1.57 bits per heavy atom. The van der Waals surface area contributed by atoms with Crippen LogP contribution in [0.1, 0.15) is 41.3 Å². The van der Waals surface area contributed by atoms with E-state index >= 15 is 0 Å². The Morgan fingerprint density at radius 3 is 2.20 bits per heavy atom. The summed E-state index contributed by atoms with van der Waals surface area (Å²) in [6.07, 6.45) is 3.85. The standard InChI is InChI=1S/C19H21NO2.C9H7ClN2O/c21-19(22-15-16-7-3-1-4-8-16)20-13-11-18(12-14-20)17-9-5-2-6-10-17;10-8-3-1-7(2-4-8)5-9-11-6-12-13-9/h1-10,18H,11-15H2;1-4,6H,5H2. The van der Waals surface area contributed by atoms with Gasteiger partial charge in [-0.15, -0.1) is 0 Å². The number of ether oxygens (including phenoxy) is 1. The summed E-state index contributed by atoms with van der Waals surface area (Å²) >= 11 is 5.74. The summed E-state index contributed by atoms with van der Waals surface area (Å²) in [6, 6.07) is 27.9. The fourth-order valence-electron chi connectivity index (χ4n) is 3.98. The van der Waals surface area contributed by atoms with Crippen molar-refractivity contribution in [3.05, 3.63) is 119 Å². The maximum Gasteiger partial charge on any atom is 0.410 e. The highest BCUT2D eigenvalue weighted by Gasteiger charge is 2.24. The predicted molar refractivity (Wildman–Crippen MR) is 135 cm³/mol. The van der Waals surface area contributed by atoms with Crippen molar-refractivity contribution in [2.24, 2.45) is 0 Å². The minimum Gasteiger partial charge on any atom is -0.445 e. The quantitative estimate of drug-likeness (QED) is 0.319. The molecule has 1 saturated heterocycles. The van der Waals surface area contributed by atoms with Crippen molar-refractivity contribution in [2.45, 2.75) is 31.8 Å². The molecule has 3 aromatic carbocycles. The van der Waals surface area contributed by atoms with Gasteiger partial charge in [-0.1, -0.05) is 89.6 Å². The Labute approximate surface area is 210 Å². The molecule has 0 unspecified atom stereocenters. The fraction of sp³-hybridized carbons (Fsp3) is 0.250. The molecule has 6 nitrogen and oxygen atoms in total. The van der Waals surface area contributed by atoms with Gasteiger partial charge in [0.25, 0.3) is 0 Å². The van der Waals surface area contributed by atoms with Gasteiger partial charge >= 0.3 is 6.09 Å². The summed E-state index contributed by atoms with van der Waals surface area (Å²) in [4.78, 5) is 17.9. The van der Waals surface area contributed by atoms with Crippen molar-refractivity contribution in [1.29, 1.82) is 0 Å². The number of carbonyl (C=O) groups excluding carboxylic acids is 1. The Kier molecular flexibility index (Phi) is 8.90. The minimum atomic E-state index is -0.199. The van der Waals surface area contributed by atoms with Crippen LogP contribution in [0, 0.1) is 0 Å². The molecule has 0 bridgehead atoms. The average molecular weight is 490 g/mol. The number of hydrogen-bond donors (Lipinski definition) is 0. The van der Waals surface area contributed by atoms with E-state index in [1.54, 1.807) is 0 Å². The van der Waals surface area contributed by atoms with Crippen molar-refractivity contribution in [3.8, 4) is 0 Å². The summed E-state index contributed by atoms with van der Waals surface area (Å²) in [6.45, 7) is 1.89. The van der Waals surface area contributed by atoms with E-state index < -0.39 is 0 Å². The zero-order valence-electron chi connectivity index (χ0n) is 19.4. The van der Waals surface area contributed by atoms with E-state index in [-0.39, 0.29) is 6.09 Å². The second-order valence-electron chi connectivity index (χ2n) is 8.35. The lowest BCUT2D eigenvalue weighted by atomic mass is 9.90. The van der Waals surface area contributed by atoms with Crippen molar-refractivity contribution >= 4 is 17.7 Å². The van der Waals surface area contributed by atoms with Crippen LogP contribution in [0.25, 0.3) is 0 Å². The van der Waals surface area contributed by atoms with Crippen LogP contribution in [0.4, 0.5) is 4.79 Å².